The van der Waals surface area contributed by atoms with Crippen LogP contribution in [-0.2, 0) is 5.41 Å². The highest BCUT2D eigenvalue weighted by Crippen LogP contribution is 2.32. The van der Waals surface area contributed by atoms with Crippen LogP contribution >= 0.6 is 15.9 Å². The second-order valence-electron chi connectivity index (χ2n) is 4.70. The van der Waals surface area contributed by atoms with Crippen molar-refractivity contribution in [1.82, 2.24) is 0 Å². The molecule has 16 heavy (non-hydrogen) atoms. The minimum Gasteiger partial charge on any atom is -0.497 e. The van der Waals surface area contributed by atoms with E-state index in [9.17, 15) is 10.0 Å². The van der Waals surface area contributed by atoms with Gasteiger partial charge in [-0.1, -0.05) is 36.7 Å². The second kappa shape index (κ2) is 4.78. The maximum atomic E-state index is 9.30. The zero-order valence-electron chi connectivity index (χ0n) is 9.91. The monoisotopic (exact) mass is 286 g/mol. The van der Waals surface area contributed by atoms with Gasteiger partial charge in [0.15, 0.2) is 0 Å². The van der Waals surface area contributed by atoms with Crippen LogP contribution in [0.5, 0.6) is 5.75 Å². The Labute approximate surface area is 105 Å². The van der Waals surface area contributed by atoms with Gasteiger partial charge in [0.1, 0.15) is 5.75 Å². The smallest absolute Gasteiger partial charge is 0.492 e. The van der Waals surface area contributed by atoms with Gasteiger partial charge in [-0.05, 0) is 17.5 Å². The maximum Gasteiger partial charge on any atom is 0.492 e. The van der Waals surface area contributed by atoms with Crippen LogP contribution in [0.25, 0.3) is 0 Å². The molecule has 0 fully saturated rings. The molecular weight excluding hydrogens is 271 g/mol. The number of hydrogen-bond acceptors (Lipinski definition) is 3. The molecule has 0 bridgehead atoms. The average Bonchev–Trinajstić information content (AvgIpc) is 2.14. The molecule has 0 atom stereocenters. The van der Waals surface area contributed by atoms with Crippen molar-refractivity contribution in [3.8, 4) is 5.75 Å². The Morgan fingerprint density at radius 2 is 1.81 bits per heavy atom. The van der Waals surface area contributed by atoms with Crippen LogP contribution < -0.4 is 10.2 Å². The molecule has 0 amide bonds. The quantitative estimate of drug-likeness (QED) is 0.809. The van der Waals surface area contributed by atoms with Gasteiger partial charge in [0, 0.05) is 15.5 Å². The molecule has 0 aromatic heterocycles. The van der Waals surface area contributed by atoms with Crippen LogP contribution in [0.1, 0.15) is 26.3 Å². The molecule has 3 nitrogen and oxygen atoms in total. The molecule has 5 heteroatoms. The first-order chi connectivity index (χ1) is 7.27. The summed E-state index contributed by atoms with van der Waals surface area (Å²) < 4.78 is 6.09. The summed E-state index contributed by atoms with van der Waals surface area (Å²) in [6, 6.07) is 3.59. The first-order valence-corrected chi connectivity index (χ1v) is 5.80. The summed E-state index contributed by atoms with van der Waals surface area (Å²) in [4.78, 5) is 0. The lowest BCUT2D eigenvalue weighted by Crippen LogP contribution is -2.33. The Balaban J connectivity index is 3.49. The van der Waals surface area contributed by atoms with E-state index in [1.807, 2.05) is 26.8 Å². The SMILES string of the molecule is COc1c(B(O)O)cc(Br)cc1C(C)(C)C. The Morgan fingerprint density at radius 1 is 1.25 bits per heavy atom. The highest BCUT2D eigenvalue weighted by molar-refractivity contribution is 9.10. The number of hydrogen-bond donors (Lipinski definition) is 2. The summed E-state index contributed by atoms with van der Waals surface area (Å²) >= 11 is 3.36. The van der Waals surface area contributed by atoms with Gasteiger partial charge in [0.05, 0.1) is 7.11 Å². The van der Waals surface area contributed by atoms with Gasteiger partial charge in [-0.2, -0.15) is 0 Å². The number of halogens is 1. The molecule has 0 saturated carbocycles. The van der Waals surface area contributed by atoms with E-state index in [2.05, 4.69) is 15.9 Å². The molecule has 0 heterocycles. The second-order valence-corrected chi connectivity index (χ2v) is 5.62. The van der Waals surface area contributed by atoms with Gasteiger partial charge in [-0.25, -0.2) is 0 Å². The Bertz CT molecular complexity index is 386. The summed E-state index contributed by atoms with van der Waals surface area (Å²) in [5, 5.41) is 18.6. The fourth-order valence-electron chi connectivity index (χ4n) is 1.59. The van der Waals surface area contributed by atoms with E-state index in [0.717, 1.165) is 10.0 Å². The van der Waals surface area contributed by atoms with Crippen molar-refractivity contribution in [3.63, 3.8) is 0 Å². The molecular formula is C11H16BBrO3. The van der Waals surface area contributed by atoms with Crippen molar-refractivity contribution in [2.24, 2.45) is 0 Å². The normalized spacial score (nSPS) is 11.4. The highest BCUT2D eigenvalue weighted by atomic mass is 79.9. The fourth-order valence-corrected chi connectivity index (χ4v) is 2.07. The third kappa shape index (κ3) is 2.78. The predicted octanol–water partition coefficient (Wildman–Crippen LogP) is 1.44. The Kier molecular flexibility index (Phi) is 4.04. The van der Waals surface area contributed by atoms with E-state index in [4.69, 9.17) is 4.74 Å². The van der Waals surface area contributed by atoms with Gasteiger partial charge in [0.25, 0.3) is 0 Å². The molecule has 2 N–H and O–H groups in total. The van der Waals surface area contributed by atoms with E-state index in [0.29, 0.717) is 11.2 Å². The van der Waals surface area contributed by atoms with Gasteiger partial charge < -0.3 is 14.8 Å². The van der Waals surface area contributed by atoms with Gasteiger partial charge >= 0.3 is 7.12 Å². The number of ether oxygens (including phenoxy) is 1. The van der Waals surface area contributed by atoms with E-state index in [1.165, 1.54) is 7.11 Å². The lowest BCUT2D eigenvalue weighted by Gasteiger charge is -2.24. The third-order valence-corrected chi connectivity index (χ3v) is 2.83. The predicted molar refractivity (Wildman–Crippen MR) is 69.2 cm³/mol. The average molecular weight is 287 g/mol. The van der Waals surface area contributed by atoms with Crippen molar-refractivity contribution in [2.45, 2.75) is 26.2 Å². The molecule has 1 aromatic carbocycles. The largest absolute Gasteiger partial charge is 0.497 e. The molecule has 1 rings (SSSR count). The van der Waals surface area contributed by atoms with Crippen molar-refractivity contribution < 1.29 is 14.8 Å². The van der Waals surface area contributed by atoms with Crippen molar-refractivity contribution >= 4 is 28.5 Å². The van der Waals surface area contributed by atoms with E-state index >= 15 is 0 Å². The molecule has 88 valence electrons. The Hall–Kier alpha value is -0.515. The Morgan fingerprint density at radius 3 is 2.19 bits per heavy atom. The lowest BCUT2D eigenvalue weighted by atomic mass is 9.75. The molecule has 0 radical (unpaired) electrons. The molecule has 0 aliphatic heterocycles. The van der Waals surface area contributed by atoms with Crippen molar-refractivity contribution in [1.29, 1.82) is 0 Å². The van der Waals surface area contributed by atoms with Crippen molar-refractivity contribution in [3.05, 3.63) is 22.2 Å². The zero-order chi connectivity index (χ0) is 12.5. The number of methoxy groups -OCH3 is 1. The number of benzene rings is 1. The minimum atomic E-state index is -1.53. The molecule has 0 unspecified atom stereocenters. The van der Waals surface area contributed by atoms with Crippen LogP contribution in [0.4, 0.5) is 0 Å². The summed E-state index contributed by atoms with van der Waals surface area (Å²) in [6.07, 6.45) is 0. The molecule has 0 spiro atoms. The standard InChI is InChI=1S/C11H16BBrO3/c1-11(2,3)8-5-7(13)6-9(12(14)15)10(8)16-4/h5-6,14-15H,1-4H3. The molecule has 0 saturated heterocycles. The third-order valence-electron chi connectivity index (χ3n) is 2.37. The lowest BCUT2D eigenvalue weighted by molar-refractivity contribution is 0.391. The van der Waals surface area contributed by atoms with Crippen molar-refractivity contribution in [2.75, 3.05) is 7.11 Å². The van der Waals surface area contributed by atoms with Crippen LogP contribution in [0.3, 0.4) is 0 Å². The maximum absolute atomic E-state index is 9.30. The minimum absolute atomic E-state index is 0.126. The fraction of sp³-hybridized carbons (Fsp3) is 0.455. The summed E-state index contributed by atoms with van der Waals surface area (Å²) in [5.74, 6) is 0.533. The topological polar surface area (TPSA) is 49.7 Å². The highest BCUT2D eigenvalue weighted by Gasteiger charge is 2.26. The van der Waals surface area contributed by atoms with Crippen LogP contribution in [-0.4, -0.2) is 24.3 Å². The zero-order valence-corrected chi connectivity index (χ0v) is 11.5. The van der Waals surface area contributed by atoms with Crippen LogP contribution in [0, 0.1) is 0 Å². The van der Waals surface area contributed by atoms with Gasteiger partial charge in [0.2, 0.25) is 0 Å². The summed E-state index contributed by atoms with van der Waals surface area (Å²) in [6.45, 7) is 6.14. The van der Waals surface area contributed by atoms with E-state index < -0.39 is 7.12 Å². The van der Waals surface area contributed by atoms with Crippen LogP contribution in [0.15, 0.2) is 16.6 Å². The molecule has 0 aliphatic carbocycles. The summed E-state index contributed by atoms with van der Waals surface area (Å²) in [5.41, 5.74) is 1.19. The molecule has 0 aliphatic rings. The van der Waals surface area contributed by atoms with Gasteiger partial charge in [-0.3, -0.25) is 0 Å². The first kappa shape index (κ1) is 13.5. The van der Waals surface area contributed by atoms with E-state index in [-0.39, 0.29) is 5.41 Å². The molecule has 1 aromatic rings. The number of rotatable bonds is 2. The summed E-state index contributed by atoms with van der Waals surface area (Å²) in [7, 11) is -0.00165. The van der Waals surface area contributed by atoms with Crippen LogP contribution in [0.2, 0.25) is 0 Å². The van der Waals surface area contributed by atoms with Gasteiger partial charge in [-0.15, -0.1) is 0 Å². The first-order valence-electron chi connectivity index (χ1n) is 5.01. The van der Waals surface area contributed by atoms with E-state index in [1.54, 1.807) is 6.07 Å².